The van der Waals surface area contributed by atoms with Gasteiger partial charge in [0.05, 0.1) is 5.60 Å². The first-order chi connectivity index (χ1) is 6.70. The van der Waals surface area contributed by atoms with Crippen molar-refractivity contribution in [1.29, 1.82) is 0 Å². The molecule has 2 heteroatoms. The number of hydrogen-bond acceptors (Lipinski definition) is 2. The van der Waals surface area contributed by atoms with Crippen LogP contribution in [0.1, 0.15) is 32.1 Å². The van der Waals surface area contributed by atoms with E-state index in [0.29, 0.717) is 0 Å². The van der Waals surface area contributed by atoms with E-state index in [1.807, 2.05) is 0 Å². The molecule has 0 aromatic rings. The lowest BCUT2D eigenvalue weighted by Crippen LogP contribution is -2.56. The summed E-state index contributed by atoms with van der Waals surface area (Å²) >= 11 is 0. The van der Waals surface area contributed by atoms with E-state index in [0.717, 1.165) is 49.5 Å². The third-order valence-electron chi connectivity index (χ3n) is 4.88. The van der Waals surface area contributed by atoms with Crippen LogP contribution in [0.4, 0.5) is 0 Å². The van der Waals surface area contributed by atoms with Crippen LogP contribution < -0.4 is 5.32 Å². The minimum absolute atomic E-state index is 0.249. The van der Waals surface area contributed by atoms with Crippen LogP contribution in [0.25, 0.3) is 0 Å². The minimum atomic E-state index is -0.249. The van der Waals surface area contributed by atoms with Gasteiger partial charge in [-0.1, -0.05) is 0 Å². The van der Waals surface area contributed by atoms with Crippen LogP contribution in [-0.2, 0) is 0 Å². The lowest BCUT2D eigenvalue weighted by molar-refractivity contribution is -0.150. The number of aliphatic hydroxyl groups is 1. The van der Waals surface area contributed by atoms with E-state index in [9.17, 15) is 5.11 Å². The molecule has 4 aliphatic carbocycles. The van der Waals surface area contributed by atoms with Crippen molar-refractivity contribution in [1.82, 2.24) is 5.32 Å². The van der Waals surface area contributed by atoms with Gasteiger partial charge in [0, 0.05) is 0 Å². The molecule has 80 valence electrons. The van der Waals surface area contributed by atoms with Crippen molar-refractivity contribution >= 4 is 0 Å². The van der Waals surface area contributed by atoms with Gasteiger partial charge >= 0.3 is 0 Å². The fourth-order valence-corrected chi connectivity index (χ4v) is 4.66. The molecule has 0 aromatic heterocycles. The normalized spacial score (nSPS) is 55.3. The number of nitrogens with one attached hydrogen (secondary N) is 1. The zero-order valence-corrected chi connectivity index (χ0v) is 9.00. The molecule has 0 radical (unpaired) electrons. The molecular formula is C12H21NO. The van der Waals surface area contributed by atoms with E-state index in [4.69, 9.17) is 0 Å². The Labute approximate surface area is 86.1 Å². The molecule has 4 fully saturated rings. The average molecular weight is 195 g/mol. The van der Waals surface area contributed by atoms with Crippen molar-refractivity contribution < 1.29 is 5.11 Å². The Morgan fingerprint density at radius 3 is 2.36 bits per heavy atom. The monoisotopic (exact) mass is 195 g/mol. The van der Waals surface area contributed by atoms with Gasteiger partial charge in [-0.3, -0.25) is 0 Å². The molecule has 4 rings (SSSR count). The molecule has 0 amide bonds. The van der Waals surface area contributed by atoms with Crippen molar-refractivity contribution in [2.24, 2.45) is 23.7 Å². The third-order valence-corrected chi connectivity index (χ3v) is 4.88. The van der Waals surface area contributed by atoms with E-state index in [1.54, 1.807) is 0 Å². The second-order valence-corrected chi connectivity index (χ2v) is 5.92. The minimum Gasteiger partial charge on any atom is -0.390 e. The first kappa shape index (κ1) is 9.17. The number of rotatable bonds is 2. The van der Waals surface area contributed by atoms with Gasteiger partial charge in [0.15, 0.2) is 0 Å². The summed E-state index contributed by atoms with van der Waals surface area (Å²) in [5, 5.41) is 13.7. The van der Waals surface area contributed by atoms with Gasteiger partial charge in [-0.2, -0.15) is 0 Å². The molecule has 2 nitrogen and oxygen atoms in total. The topological polar surface area (TPSA) is 32.3 Å². The second kappa shape index (κ2) is 2.96. The zero-order valence-electron chi connectivity index (χ0n) is 9.00. The molecule has 4 saturated carbocycles. The predicted octanol–water partition coefficient (Wildman–Crippen LogP) is 1.39. The second-order valence-electron chi connectivity index (χ2n) is 5.92. The lowest BCUT2D eigenvalue weighted by Gasteiger charge is -2.58. The summed E-state index contributed by atoms with van der Waals surface area (Å²) in [5.74, 6) is 3.35. The highest BCUT2D eigenvalue weighted by Gasteiger charge is 2.54. The summed E-state index contributed by atoms with van der Waals surface area (Å²) in [6.07, 6.45) is 6.07. The van der Waals surface area contributed by atoms with E-state index in [2.05, 4.69) is 12.4 Å². The lowest BCUT2D eigenvalue weighted by atomic mass is 9.50. The molecule has 2 N–H and O–H groups in total. The van der Waals surface area contributed by atoms with Gasteiger partial charge in [-0.15, -0.1) is 0 Å². The maximum atomic E-state index is 10.4. The summed E-state index contributed by atoms with van der Waals surface area (Å²) in [6, 6.07) is 0. The highest BCUT2D eigenvalue weighted by atomic mass is 16.3. The van der Waals surface area contributed by atoms with E-state index in [-0.39, 0.29) is 5.60 Å². The molecule has 0 aliphatic heterocycles. The summed E-state index contributed by atoms with van der Waals surface area (Å²) < 4.78 is 0. The summed E-state index contributed by atoms with van der Waals surface area (Å²) in [4.78, 5) is 0. The van der Waals surface area contributed by atoms with Gasteiger partial charge in [0.2, 0.25) is 0 Å². The molecule has 0 saturated heterocycles. The highest BCUT2D eigenvalue weighted by molar-refractivity contribution is 5.05. The van der Waals surface area contributed by atoms with Crippen LogP contribution in [0.15, 0.2) is 0 Å². The van der Waals surface area contributed by atoms with Crippen molar-refractivity contribution in [2.45, 2.75) is 37.7 Å². The Balaban J connectivity index is 1.82. The average Bonchev–Trinajstić information content (AvgIpc) is 2.08. The van der Waals surface area contributed by atoms with Gasteiger partial charge in [-0.25, -0.2) is 0 Å². The Morgan fingerprint density at radius 2 is 1.86 bits per heavy atom. The van der Waals surface area contributed by atoms with Gasteiger partial charge < -0.3 is 10.4 Å². The molecule has 4 aliphatic rings. The van der Waals surface area contributed by atoms with Crippen LogP contribution in [0.3, 0.4) is 0 Å². The van der Waals surface area contributed by atoms with Crippen molar-refractivity contribution in [3.8, 4) is 0 Å². The zero-order chi connectivity index (χ0) is 9.76. The summed E-state index contributed by atoms with van der Waals surface area (Å²) in [7, 11) is 2.06. The van der Waals surface area contributed by atoms with E-state index in [1.165, 1.54) is 12.8 Å². The quantitative estimate of drug-likeness (QED) is 0.698. The van der Waals surface area contributed by atoms with Crippen LogP contribution in [0.2, 0.25) is 0 Å². The smallest absolute Gasteiger partial charge is 0.0656 e. The van der Waals surface area contributed by atoms with Gasteiger partial charge in [-0.05, 0) is 69.4 Å². The van der Waals surface area contributed by atoms with Crippen LogP contribution in [0, 0.1) is 23.7 Å². The number of hydrogen-bond donors (Lipinski definition) is 2. The molecule has 2 unspecified atom stereocenters. The highest BCUT2D eigenvalue weighted by Crippen LogP contribution is 2.57. The van der Waals surface area contributed by atoms with Crippen LogP contribution in [0.5, 0.6) is 0 Å². The van der Waals surface area contributed by atoms with Crippen LogP contribution in [-0.4, -0.2) is 24.3 Å². The first-order valence-electron chi connectivity index (χ1n) is 6.07. The van der Waals surface area contributed by atoms with E-state index < -0.39 is 0 Å². The molecule has 14 heavy (non-hydrogen) atoms. The van der Waals surface area contributed by atoms with Crippen molar-refractivity contribution in [3.63, 3.8) is 0 Å². The largest absolute Gasteiger partial charge is 0.390 e. The predicted molar refractivity (Wildman–Crippen MR) is 55.9 cm³/mol. The Bertz CT molecular complexity index is 224. The van der Waals surface area contributed by atoms with Crippen molar-refractivity contribution in [2.75, 3.05) is 13.6 Å². The molecule has 0 aromatic carbocycles. The van der Waals surface area contributed by atoms with E-state index >= 15 is 0 Å². The summed E-state index contributed by atoms with van der Waals surface area (Å²) in [5.41, 5.74) is -0.249. The molecule has 0 spiro atoms. The van der Waals surface area contributed by atoms with Gasteiger partial charge in [0.25, 0.3) is 0 Å². The maximum Gasteiger partial charge on any atom is 0.0656 e. The Morgan fingerprint density at radius 1 is 1.21 bits per heavy atom. The fraction of sp³-hybridized carbons (Fsp3) is 1.00. The van der Waals surface area contributed by atoms with Gasteiger partial charge in [0.1, 0.15) is 0 Å². The standard InChI is InChI=1S/C12H21NO/c1-13-7-11-9-2-8-3-10(11)6-12(14,4-8)5-9/h8-11,13-14H,2-7H2,1H3. The first-order valence-corrected chi connectivity index (χ1v) is 6.07. The maximum absolute atomic E-state index is 10.4. The van der Waals surface area contributed by atoms with Crippen LogP contribution >= 0.6 is 0 Å². The fourth-order valence-electron chi connectivity index (χ4n) is 4.66. The summed E-state index contributed by atoms with van der Waals surface area (Å²) in [6.45, 7) is 1.16. The molecule has 0 heterocycles. The Hall–Kier alpha value is -0.0800. The molecular weight excluding hydrogens is 174 g/mol. The van der Waals surface area contributed by atoms with Crippen molar-refractivity contribution in [3.05, 3.63) is 0 Å². The Kier molecular flexibility index (Phi) is 1.94. The molecule has 2 atom stereocenters. The molecule has 4 bridgehead atoms. The third kappa shape index (κ3) is 1.24. The SMILES string of the molecule is CNCC1C2CC3CC1CC(O)(C3)C2.